The summed E-state index contributed by atoms with van der Waals surface area (Å²) < 4.78 is 4.88. The summed E-state index contributed by atoms with van der Waals surface area (Å²) >= 11 is 0. The molecule has 0 aliphatic carbocycles. The first-order chi connectivity index (χ1) is 28.3. The molecule has 57 heavy (non-hydrogen) atoms. The molecule has 4 heterocycles. The van der Waals surface area contributed by atoms with Gasteiger partial charge in [0, 0.05) is 38.4 Å². The number of benzene rings is 8. The number of fused-ring (bicyclic) bond motifs is 10. The summed E-state index contributed by atoms with van der Waals surface area (Å²) in [5.74, 6) is 1.63. The van der Waals surface area contributed by atoms with Crippen LogP contribution in [-0.2, 0) is 0 Å². The van der Waals surface area contributed by atoms with Crippen molar-refractivity contribution in [3.8, 4) is 34.0 Å². The molecule has 0 atom stereocenters. The number of hydrogen-bond acceptors (Lipinski definition) is 2. The Bertz CT molecular complexity index is 3290. The number of para-hydroxylation sites is 3. The molecule has 1 aliphatic rings. The minimum atomic E-state index is -2.97. The zero-order valence-corrected chi connectivity index (χ0v) is 31.9. The number of rotatable bonds is 5. The predicted octanol–water partition coefficient (Wildman–Crippen LogP) is 9.70. The van der Waals surface area contributed by atoms with Gasteiger partial charge in [-0.15, -0.1) is 0 Å². The van der Waals surface area contributed by atoms with E-state index in [4.69, 9.17) is 9.97 Å². The van der Waals surface area contributed by atoms with Crippen molar-refractivity contribution in [2.75, 3.05) is 0 Å². The molecule has 0 bridgehead atoms. The standard InChI is InChI=1S/C52H34N4Si/c1-5-19-35(20-6-1)50-53-51(48-42-29-15-18-32-46(42)57(52(48)54-50,37-23-9-3-10-24-37)38-25-11-4-12-26-38)56-43-30-16-13-27-39(43)40-33-34-45-47(49(40)56)41-28-14-17-31-44(41)55(45)36-21-7-2-8-22-36/h1-34H. The van der Waals surface area contributed by atoms with Crippen molar-refractivity contribution in [3.05, 3.63) is 206 Å². The lowest BCUT2D eigenvalue weighted by Crippen LogP contribution is -2.73. The van der Waals surface area contributed by atoms with E-state index in [9.17, 15) is 0 Å². The summed E-state index contributed by atoms with van der Waals surface area (Å²) in [5, 5.41) is 9.88. The Morgan fingerprint density at radius 1 is 0.404 bits per heavy atom. The highest BCUT2D eigenvalue weighted by Crippen LogP contribution is 2.44. The fourth-order valence-electron chi connectivity index (χ4n) is 9.71. The molecule has 4 nitrogen and oxygen atoms in total. The first-order valence-corrected chi connectivity index (χ1v) is 21.5. The summed E-state index contributed by atoms with van der Waals surface area (Å²) in [5.41, 5.74) is 9.03. The summed E-state index contributed by atoms with van der Waals surface area (Å²) in [6.07, 6.45) is 0. The van der Waals surface area contributed by atoms with Crippen molar-refractivity contribution < 1.29 is 0 Å². The van der Waals surface area contributed by atoms with Gasteiger partial charge in [-0.05, 0) is 51.5 Å². The maximum atomic E-state index is 5.76. The maximum Gasteiger partial charge on any atom is 0.203 e. The van der Waals surface area contributed by atoms with E-state index >= 15 is 0 Å². The molecule has 266 valence electrons. The van der Waals surface area contributed by atoms with Gasteiger partial charge < -0.3 is 4.57 Å². The third-order valence-electron chi connectivity index (χ3n) is 12.0. The van der Waals surface area contributed by atoms with Crippen LogP contribution in [0.2, 0.25) is 0 Å². The van der Waals surface area contributed by atoms with Crippen LogP contribution in [0, 0.1) is 0 Å². The SMILES string of the molecule is c1ccc(-c2nc(-n3c4ccccc4c4ccc5c(c6ccccc6n5-c5ccccc5)c43)c3c(n2)[Si](c2ccccc2)(c2ccccc2)c2ccccc2-3)cc1. The molecule has 0 N–H and O–H groups in total. The molecule has 0 unspecified atom stereocenters. The number of hydrogen-bond donors (Lipinski definition) is 0. The van der Waals surface area contributed by atoms with Gasteiger partial charge in [0.15, 0.2) is 5.82 Å². The maximum absolute atomic E-state index is 5.76. The lowest BCUT2D eigenvalue weighted by atomic mass is 10.1. The van der Waals surface area contributed by atoms with E-state index in [1.807, 2.05) is 0 Å². The summed E-state index contributed by atoms with van der Waals surface area (Å²) in [6, 6.07) is 74.8. The van der Waals surface area contributed by atoms with E-state index in [1.165, 1.54) is 48.2 Å². The van der Waals surface area contributed by atoms with Gasteiger partial charge in [0.05, 0.1) is 27.4 Å². The van der Waals surface area contributed by atoms with E-state index in [0.29, 0.717) is 0 Å². The average Bonchev–Trinajstić information content (AvgIpc) is 3.92. The second kappa shape index (κ2) is 12.3. The molecule has 0 saturated heterocycles. The van der Waals surface area contributed by atoms with Crippen LogP contribution in [0.4, 0.5) is 0 Å². The first kappa shape index (κ1) is 32.0. The van der Waals surface area contributed by atoms with Gasteiger partial charge in [0.2, 0.25) is 8.07 Å². The van der Waals surface area contributed by atoms with E-state index < -0.39 is 8.07 Å². The molecule has 5 heteroatoms. The molecule has 0 fully saturated rings. The largest absolute Gasteiger partial charge is 0.309 e. The Hall–Kier alpha value is -7.34. The predicted molar refractivity (Wildman–Crippen MR) is 239 cm³/mol. The van der Waals surface area contributed by atoms with E-state index in [0.717, 1.165) is 50.3 Å². The molecule has 1 aliphatic heterocycles. The highest BCUT2D eigenvalue weighted by atomic mass is 28.3. The number of nitrogens with zero attached hydrogens (tertiary/aromatic N) is 4. The van der Waals surface area contributed by atoms with Crippen LogP contribution in [0.15, 0.2) is 206 Å². The van der Waals surface area contributed by atoms with Gasteiger partial charge in [0.1, 0.15) is 5.82 Å². The molecule has 11 aromatic rings. The zero-order valence-electron chi connectivity index (χ0n) is 30.9. The molecule has 3 aromatic heterocycles. The fourth-order valence-corrected chi connectivity index (χ4v) is 14.7. The Kier molecular flexibility index (Phi) is 6.91. The smallest absolute Gasteiger partial charge is 0.203 e. The number of aromatic nitrogens is 4. The lowest BCUT2D eigenvalue weighted by Gasteiger charge is -2.30. The quantitative estimate of drug-likeness (QED) is 0.165. The molecular weight excluding hydrogens is 709 g/mol. The van der Waals surface area contributed by atoms with Gasteiger partial charge >= 0.3 is 0 Å². The second-order valence-corrected chi connectivity index (χ2v) is 18.6. The van der Waals surface area contributed by atoms with Crippen LogP contribution in [-0.4, -0.2) is 27.2 Å². The van der Waals surface area contributed by atoms with E-state index in [1.54, 1.807) is 0 Å². The highest BCUT2D eigenvalue weighted by molar-refractivity contribution is 7.21. The van der Waals surface area contributed by atoms with Crippen LogP contribution in [0.1, 0.15) is 0 Å². The topological polar surface area (TPSA) is 35.6 Å². The van der Waals surface area contributed by atoms with E-state index in [-0.39, 0.29) is 0 Å². The third-order valence-corrected chi connectivity index (χ3v) is 16.7. The second-order valence-electron chi connectivity index (χ2n) is 14.9. The van der Waals surface area contributed by atoms with Crippen LogP contribution in [0.25, 0.3) is 77.6 Å². The third kappa shape index (κ3) is 4.43. The van der Waals surface area contributed by atoms with Crippen molar-refractivity contribution in [2.45, 2.75) is 0 Å². The van der Waals surface area contributed by atoms with Crippen LogP contribution < -0.4 is 20.9 Å². The van der Waals surface area contributed by atoms with Gasteiger partial charge in [-0.25, -0.2) is 9.97 Å². The molecule has 8 aromatic carbocycles. The monoisotopic (exact) mass is 742 g/mol. The minimum Gasteiger partial charge on any atom is -0.309 e. The fraction of sp³-hybridized carbons (Fsp3) is 0. The van der Waals surface area contributed by atoms with Crippen LogP contribution >= 0.6 is 0 Å². The van der Waals surface area contributed by atoms with Crippen molar-refractivity contribution in [1.29, 1.82) is 0 Å². The highest BCUT2D eigenvalue weighted by Gasteiger charge is 2.52. The summed E-state index contributed by atoms with van der Waals surface area (Å²) in [6.45, 7) is 0. The normalized spacial score (nSPS) is 13.1. The van der Waals surface area contributed by atoms with Crippen molar-refractivity contribution >= 4 is 72.6 Å². The Morgan fingerprint density at radius 3 is 1.67 bits per heavy atom. The molecule has 12 rings (SSSR count). The molecule has 0 amide bonds. The lowest BCUT2D eigenvalue weighted by molar-refractivity contribution is 1.06. The molecule has 0 spiro atoms. The first-order valence-electron chi connectivity index (χ1n) is 19.5. The Morgan fingerprint density at radius 2 is 0.965 bits per heavy atom. The van der Waals surface area contributed by atoms with E-state index in [2.05, 4.69) is 215 Å². The van der Waals surface area contributed by atoms with Gasteiger partial charge in [-0.3, -0.25) is 4.57 Å². The summed E-state index contributed by atoms with van der Waals surface area (Å²) in [7, 11) is -2.97. The van der Waals surface area contributed by atoms with Crippen molar-refractivity contribution in [3.63, 3.8) is 0 Å². The molecule has 0 radical (unpaired) electrons. The Labute approximate surface area is 330 Å². The van der Waals surface area contributed by atoms with Crippen LogP contribution in [0.5, 0.6) is 0 Å². The molecule has 0 saturated carbocycles. The van der Waals surface area contributed by atoms with Crippen molar-refractivity contribution in [2.24, 2.45) is 0 Å². The zero-order chi connectivity index (χ0) is 37.5. The average molecular weight is 743 g/mol. The van der Waals surface area contributed by atoms with Gasteiger partial charge in [-0.1, -0.05) is 176 Å². The molecular formula is C52H34N4Si. The van der Waals surface area contributed by atoms with Gasteiger partial charge in [0.25, 0.3) is 0 Å². The summed E-state index contributed by atoms with van der Waals surface area (Å²) in [4.78, 5) is 11.5. The minimum absolute atomic E-state index is 0.728. The van der Waals surface area contributed by atoms with Crippen LogP contribution in [0.3, 0.4) is 0 Å². The van der Waals surface area contributed by atoms with Crippen molar-refractivity contribution in [1.82, 2.24) is 19.1 Å². The Balaban J connectivity index is 1.32. The van der Waals surface area contributed by atoms with Gasteiger partial charge in [-0.2, -0.15) is 0 Å².